The molecule has 0 spiro atoms. The SMILES string of the molecule is CC(C)C(=O)COc1c(I)cc(I)cc1I. The van der Waals surface area contributed by atoms with E-state index in [0.29, 0.717) is 0 Å². The third-order valence-electron chi connectivity index (χ3n) is 1.97. The van der Waals surface area contributed by atoms with Crippen LogP contribution in [0, 0.1) is 16.6 Å². The molecule has 0 saturated carbocycles. The smallest absolute Gasteiger partial charge is 0.172 e. The van der Waals surface area contributed by atoms with Gasteiger partial charge in [0, 0.05) is 9.49 Å². The van der Waals surface area contributed by atoms with Crippen molar-refractivity contribution in [1.29, 1.82) is 0 Å². The van der Waals surface area contributed by atoms with Gasteiger partial charge in [0.2, 0.25) is 0 Å². The second-order valence-electron chi connectivity index (χ2n) is 3.61. The van der Waals surface area contributed by atoms with E-state index in [-0.39, 0.29) is 18.3 Å². The Hall–Kier alpha value is 0.880. The van der Waals surface area contributed by atoms with Crippen molar-refractivity contribution in [3.8, 4) is 5.75 Å². The maximum atomic E-state index is 11.5. The second kappa shape index (κ2) is 6.72. The van der Waals surface area contributed by atoms with Crippen molar-refractivity contribution in [3.63, 3.8) is 0 Å². The number of hydrogen-bond acceptors (Lipinski definition) is 2. The summed E-state index contributed by atoms with van der Waals surface area (Å²) in [6.45, 7) is 3.93. The first-order chi connectivity index (χ1) is 7.41. The fraction of sp³-hybridized carbons (Fsp3) is 0.364. The van der Waals surface area contributed by atoms with Gasteiger partial charge in [-0.15, -0.1) is 0 Å². The molecule has 5 heteroatoms. The molecule has 0 heterocycles. The van der Waals surface area contributed by atoms with Crippen LogP contribution in [0.3, 0.4) is 0 Å². The highest BCUT2D eigenvalue weighted by Crippen LogP contribution is 2.29. The molecule has 0 N–H and O–H groups in total. The fourth-order valence-electron chi connectivity index (χ4n) is 0.977. The third kappa shape index (κ3) is 4.28. The predicted octanol–water partition coefficient (Wildman–Crippen LogP) is 4.10. The number of rotatable bonds is 4. The highest BCUT2D eigenvalue weighted by molar-refractivity contribution is 14.1. The number of carbonyl (C=O) groups excluding carboxylic acids is 1. The molecule has 0 aliphatic carbocycles. The van der Waals surface area contributed by atoms with E-state index in [2.05, 4.69) is 67.8 Å². The van der Waals surface area contributed by atoms with Crippen LogP contribution < -0.4 is 4.74 Å². The van der Waals surface area contributed by atoms with Crippen molar-refractivity contribution in [2.24, 2.45) is 5.92 Å². The summed E-state index contributed by atoms with van der Waals surface area (Å²) in [6, 6.07) is 4.08. The highest BCUT2D eigenvalue weighted by atomic mass is 127. The summed E-state index contributed by atoms with van der Waals surface area (Å²) in [7, 11) is 0. The summed E-state index contributed by atoms with van der Waals surface area (Å²) < 4.78 is 8.85. The minimum absolute atomic E-state index is 0.0270. The number of ketones is 1. The Balaban J connectivity index is 2.78. The summed E-state index contributed by atoms with van der Waals surface area (Å²) in [6.07, 6.45) is 0. The van der Waals surface area contributed by atoms with Crippen molar-refractivity contribution >= 4 is 73.6 Å². The molecular formula is C11H11I3O2. The molecule has 0 aliphatic heterocycles. The first kappa shape index (κ1) is 14.9. The van der Waals surface area contributed by atoms with Crippen LogP contribution in [0.15, 0.2) is 12.1 Å². The van der Waals surface area contributed by atoms with Gasteiger partial charge in [-0.05, 0) is 79.9 Å². The zero-order valence-electron chi connectivity index (χ0n) is 8.89. The van der Waals surface area contributed by atoms with E-state index in [0.717, 1.165) is 12.9 Å². The fourth-order valence-corrected chi connectivity index (χ4v) is 4.87. The number of halogens is 3. The number of ether oxygens (including phenoxy) is 1. The molecule has 0 fully saturated rings. The Morgan fingerprint density at radius 2 is 1.75 bits per heavy atom. The number of carbonyl (C=O) groups is 1. The van der Waals surface area contributed by atoms with E-state index in [1.165, 1.54) is 3.57 Å². The van der Waals surface area contributed by atoms with Gasteiger partial charge in [-0.25, -0.2) is 0 Å². The van der Waals surface area contributed by atoms with Gasteiger partial charge in [0.05, 0.1) is 7.14 Å². The van der Waals surface area contributed by atoms with Gasteiger partial charge in [-0.3, -0.25) is 4.79 Å². The van der Waals surface area contributed by atoms with Crippen molar-refractivity contribution < 1.29 is 9.53 Å². The zero-order chi connectivity index (χ0) is 12.3. The Kier molecular flexibility index (Phi) is 6.27. The van der Waals surface area contributed by atoms with E-state index in [1.807, 2.05) is 26.0 Å². The average Bonchev–Trinajstić information content (AvgIpc) is 2.15. The van der Waals surface area contributed by atoms with E-state index in [9.17, 15) is 4.79 Å². The lowest BCUT2D eigenvalue weighted by Crippen LogP contribution is -2.17. The van der Waals surface area contributed by atoms with Crippen LogP contribution in [0.2, 0.25) is 0 Å². The molecule has 1 rings (SSSR count). The van der Waals surface area contributed by atoms with E-state index >= 15 is 0 Å². The van der Waals surface area contributed by atoms with Crippen LogP contribution in [0.25, 0.3) is 0 Å². The first-order valence-electron chi connectivity index (χ1n) is 4.72. The summed E-state index contributed by atoms with van der Waals surface area (Å²) in [5.41, 5.74) is 0. The highest BCUT2D eigenvalue weighted by Gasteiger charge is 2.12. The number of benzene rings is 1. The molecule has 0 aliphatic rings. The van der Waals surface area contributed by atoms with Crippen molar-refractivity contribution in [2.45, 2.75) is 13.8 Å². The minimum atomic E-state index is 0.0270. The van der Waals surface area contributed by atoms with Gasteiger partial charge >= 0.3 is 0 Å². The Bertz CT molecular complexity index is 379. The second-order valence-corrected chi connectivity index (χ2v) is 7.18. The van der Waals surface area contributed by atoms with Gasteiger partial charge in [0.1, 0.15) is 12.4 Å². The molecule has 0 atom stereocenters. The van der Waals surface area contributed by atoms with Crippen LogP contribution in [0.5, 0.6) is 5.75 Å². The third-order valence-corrected chi connectivity index (χ3v) is 4.19. The summed E-state index contributed by atoms with van der Waals surface area (Å²) >= 11 is 6.73. The monoisotopic (exact) mass is 556 g/mol. The van der Waals surface area contributed by atoms with Crippen LogP contribution in [-0.4, -0.2) is 12.4 Å². The van der Waals surface area contributed by atoms with E-state index in [1.54, 1.807) is 0 Å². The molecule has 2 nitrogen and oxygen atoms in total. The van der Waals surface area contributed by atoms with Gasteiger partial charge in [0.15, 0.2) is 5.78 Å². The Morgan fingerprint density at radius 1 is 1.25 bits per heavy atom. The molecule has 0 radical (unpaired) electrons. The lowest BCUT2D eigenvalue weighted by Gasteiger charge is -2.11. The summed E-state index contributed by atoms with van der Waals surface area (Å²) in [5, 5.41) is 0. The Morgan fingerprint density at radius 3 is 2.19 bits per heavy atom. The van der Waals surface area contributed by atoms with Crippen molar-refractivity contribution in [1.82, 2.24) is 0 Å². The molecule has 0 unspecified atom stereocenters. The van der Waals surface area contributed by atoms with E-state index in [4.69, 9.17) is 4.74 Å². The topological polar surface area (TPSA) is 26.3 Å². The summed E-state index contributed by atoms with van der Waals surface area (Å²) in [4.78, 5) is 11.5. The molecule has 16 heavy (non-hydrogen) atoms. The van der Waals surface area contributed by atoms with Crippen molar-refractivity contribution in [3.05, 3.63) is 22.8 Å². The first-order valence-corrected chi connectivity index (χ1v) is 7.95. The van der Waals surface area contributed by atoms with Crippen LogP contribution >= 0.6 is 67.8 Å². The molecule has 0 aromatic heterocycles. The van der Waals surface area contributed by atoms with Gasteiger partial charge < -0.3 is 4.74 Å². The normalized spacial score (nSPS) is 10.6. The van der Waals surface area contributed by atoms with Gasteiger partial charge in [-0.1, -0.05) is 13.8 Å². The van der Waals surface area contributed by atoms with Crippen LogP contribution in [-0.2, 0) is 4.79 Å². The molecule has 88 valence electrons. The molecule has 1 aromatic rings. The Labute approximate surface area is 136 Å². The molecule has 0 amide bonds. The molecule has 1 aromatic carbocycles. The molecule has 0 saturated heterocycles. The minimum Gasteiger partial charge on any atom is -0.484 e. The summed E-state index contributed by atoms with van der Waals surface area (Å²) in [5.74, 6) is 0.972. The largest absolute Gasteiger partial charge is 0.484 e. The lowest BCUT2D eigenvalue weighted by atomic mass is 10.1. The van der Waals surface area contributed by atoms with E-state index < -0.39 is 0 Å². The molecule has 0 bridgehead atoms. The van der Waals surface area contributed by atoms with Gasteiger partial charge in [-0.2, -0.15) is 0 Å². The number of Topliss-reactive ketones (excluding diaryl/α,β-unsaturated/α-hetero) is 1. The number of hydrogen-bond donors (Lipinski definition) is 0. The van der Waals surface area contributed by atoms with Crippen LogP contribution in [0.1, 0.15) is 13.8 Å². The quantitative estimate of drug-likeness (QED) is 0.523. The lowest BCUT2D eigenvalue weighted by molar-refractivity contribution is -0.123. The zero-order valence-corrected chi connectivity index (χ0v) is 15.4. The van der Waals surface area contributed by atoms with Crippen molar-refractivity contribution in [2.75, 3.05) is 6.61 Å². The maximum Gasteiger partial charge on any atom is 0.172 e. The average molecular weight is 556 g/mol. The predicted molar refractivity (Wildman–Crippen MR) is 89.9 cm³/mol. The van der Waals surface area contributed by atoms with Gasteiger partial charge in [0.25, 0.3) is 0 Å². The maximum absolute atomic E-state index is 11.5. The van der Waals surface area contributed by atoms with Crippen LogP contribution in [0.4, 0.5) is 0 Å². The standard InChI is InChI=1S/C11H11I3O2/c1-6(2)10(15)5-16-11-8(13)3-7(12)4-9(11)14/h3-4,6H,5H2,1-2H3. The molecular weight excluding hydrogens is 545 g/mol.